The smallest absolute Gasteiger partial charge is 0.310 e. The Morgan fingerprint density at radius 2 is 1.79 bits per heavy atom. The molecule has 1 aliphatic carbocycles. The van der Waals surface area contributed by atoms with Gasteiger partial charge in [-0.15, -0.1) is 0 Å². The maximum absolute atomic E-state index is 11.0. The van der Waals surface area contributed by atoms with Crippen LogP contribution in [0, 0.1) is 0 Å². The van der Waals surface area contributed by atoms with Crippen LogP contribution < -0.4 is 0 Å². The molecule has 0 spiro atoms. The van der Waals surface area contributed by atoms with Gasteiger partial charge in [0, 0.05) is 0 Å². The Morgan fingerprint density at radius 3 is 2.47 bits per heavy atom. The molecule has 0 heterocycles. The molecule has 2 heteroatoms. The molecule has 2 rings (SSSR count). The summed E-state index contributed by atoms with van der Waals surface area (Å²) in [5.41, 5.74) is 3.56. The van der Waals surface area contributed by atoms with Gasteiger partial charge in [0.25, 0.3) is 0 Å². The fourth-order valence-corrected chi connectivity index (χ4v) is 2.58. The van der Waals surface area contributed by atoms with E-state index < -0.39 is 11.9 Å². The number of hydrogen-bond acceptors (Lipinski definition) is 1. The van der Waals surface area contributed by atoms with Crippen molar-refractivity contribution in [2.45, 2.75) is 51.4 Å². The van der Waals surface area contributed by atoms with Crippen molar-refractivity contribution < 1.29 is 9.90 Å². The molecule has 0 amide bonds. The summed E-state index contributed by atoms with van der Waals surface area (Å²) in [4.78, 5) is 11.0. The summed E-state index contributed by atoms with van der Waals surface area (Å²) in [7, 11) is 0. The van der Waals surface area contributed by atoms with Crippen LogP contribution in [0.2, 0.25) is 0 Å². The summed E-state index contributed by atoms with van der Waals surface area (Å²) < 4.78 is 0. The molecule has 1 unspecified atom stereocenters. The van der Waals surface area contributed by atoms with Gasteiger partial charge < -0.3 is 5.11 Å². The van der Waals surface area contributed by atoms with Crippen molar-refractivity contribution in [2.75, 3.05) is 0 Å². The Morgan fingerprint density at radius 1 is 1.11 bits per heavy atom. The first-order valence-electron chi connectivity index (χ1n) is 7.20. The Kier molecular flexibility index (Phi) is 4.78. The van der Waals surface area contributed by atoms with Crippen LogP contribution in [0.4, 0.5) is 0 Å². The first kappa shape index (κ1) is 13.9. The maximum Gasteiger partial charge on any atom is 0.310 e. The molecule has 19 heavy (non-hydrogen) atoms. The average Bonchev–Trinajstić information content (AvgIpc) is 2.38. The topological polar surface area (TPSA) is 37.3 Å². The highest BCUT2D eigenvalue weighted by Gasteiger charge is 2.13. The van der Waals surface area contributed by atoms with E-state index in [9.17, 15) is 4.79 Å². The van der Waals surface area contributed by atoms with Crippen LogP contribution in [0.5, 0.6) is 0 Å². The van der Waals surface area contributed by atoms with E-state index in [0.717, 1.165) is 12.0 Å². The molecule has 0 saturated heterocycles. The molecule has 1 aliphatic rings. The summed E-state index contributed by atoms with van der Waals surface area (Å²) in [6.07, 6.45) is 9.90. The molecular formula is C17H22O2. The van der Waals surface area contributed by atoms with E-state index in [1.807, 2.05) is 12.1 Å². The minimum Gasteiger partial charge on any atom is -0.481 e. The number of carboxylic acids is 1. The zero-order chi connectivity index (χ0) is 13.7. The summed E-state index contributed by atoms with van der Waals surface area (Å²) in [5, 5.41) is 9.01. The van der Waals surface area contributed by atoms with E-state index in [-0.39, 0.29) is 0 Å². The van der Waals surface area contributed by atoms with Crippen LogP contribution in [0.15, 0.2) is 30.3 Å². The lowest BCUT2D eigenvalue weighted by Gasteiger charge is -2.13. The van der Waals surface area contributed by atoms with Crippen molar-refractivity contribution >= 4 is 11.5 Å². The Hall–Kier alpha value is -1.57. The van der Waals surface area contributed by atoms with Gasteiger partial charge in [0.05, 0.1) is 5.92 Å². The van der Waals surface area contributed by atoms with Gasteiger partial charge in [-0.3, -0.25) is 4.79 Å². The largest absolute Gasteiger partial charge is 0.481 e. The van der Waals surface area contributed by atoms with E-state index in [1.54, 1.807) is 6.92 Å². The second kappa shape index (κ2) is 6.55. The van der Waals surface area contributed by atoms with E-state index in [0.29, 0.717) is 0 Å². The molecule has 0 radical (unpaired) electrons. The normalized spacial score (nSPS) is 18.1. The number of rotatable bonds is 3. The highest BCUT2D eigenvalue weighted by molar-refractivity contribution is 5.76. The zero-order valence-electron chi connectivity index (χ0n) is 11.6. The van der Waals surface area contributed by atoms with Crippen LogP contribution in [-0.2, 0) is 4.79 Å². The van der Waals surface area contributed by atoms with Crippen LogP contribution in [0.25, 0.3) is 5.57 Å². The molecule has 0 saturated carbocycles. The van der Waals surface area contributed by atoms with Gasteiger partial charge in [-0.2, -0.15) is 0 Å². The first-order valence-corrected chi connectivity index (χ1v) is 7.20. The molecule has 0 aliphatic heterocycles. The Balaban J connectivity index is 2.15. The Labute approximate surface area is 115 Å². The molecule has 1 N–H and O–H groups in total. The minimum absolute atomic E-state index is 0.430. The molecule has 0 bridgehead atoms. The van der Waals surface area contributed by atoms with Gasteiger partial charge in [-0.05, 0) is 49.3 Å². The maximum atomic E-state index is 11.0. The third-order valence-corrected chi connectivity index (χ3v) is 3.94. The molecule has 0 aromatic heterocycles. The minimum atomic E-state index is -0.766. The third kappa shape index (κ3) is 3.69. The lowest BCUT2D eigenvalue weighted by molar-refractivity contribution is -0.138. The standard InChI is InChI=1S/C17H22O2/c1-13(17(18)19)14-9-11-16(12-10-14)15-7-5-3-2-4-6-8-15/h7,9-13H,2-6,8H2,1H3,(H,18,19). The first-order chi connectivity index (χ1) is 9.18. The summed E-state index contributed by atoms with van der Waals surface area (Å²) in [6.45, 7) is 1.73. The van der Waals surface area contributed by atoms with E-state index >= 15 is 0 Å². The van der Waals surface area contributed by atoms with E-state index in [4.69, 9.17) is 5.11 Å². The molecule has 0 fully saturated rings. The van der Waals surface area contributed by atoms with Gasteiger partial charge in [0.2, 0.25) is 0 Å². The third-order valence-electron chi connectivity index (χ3n) is 3.94. The summed E-state index contributed by atoms with van der Waals surface area (Å²) >= 11 is 0. The Bertz CT molecular complexity index is 457. The van der Waals surface area contributed by atoms with E-state index in [2.05, 4.69) is 18.2 Å². The SMILES string of the molecule is CC(C(=O)O)c1ccc(C2=CCCCCCC2)cc1. The summed E-state index contributed by atoms with van der Waals surface area (Å²) in [5.74, 6) is -1.20. The number of aliphatic carboxylic acids is 1. The molecule has 1 aromatic rings. The van der Waals surface area contributed by atoms with Crippen LogP contribution >= 0.6 is 0 Å². The van der Waals surface area contributed by atoms with Crippen molar-refractivity contribution in [3.8, 4) is 0 Å². The molecular weight excluding hydrogens is 236 g/mol. The van der Waals surface area contributed by atoms with Crippen molar-refractivity contribution in [1.29, 1.82) is 0 Å². The molecule has 2 nitrogen and oxygen atoms in total. The lowest BCUT2D eigenvalue weighted by atomic mass is 9.92. The van der Waals surface area contributed by atoms with Gasteiger partial charge in [0.15, 0.2) is 0 Å². The second-order valence-electron chi connectivity index (χ2n) is 5.36. The lowest BCUT2D eigenvalue weighted by Crippen LogP contribution is -2.07. The number of carbonyl (C=O) groups is 1. The average molecular weight is 258 g/mol. The molecule has 1 atom stereocenters. The predicted molar refractivity (Wildman–Crippen MR) is 78.2 cm³/mol. The highest BCUT2D eigenvalue weighted by atomic mass is 16.4. The number of benzene rings is 1. The quantitative estimate of drug-likeness (QED) is 0.859. The predicted octanol–water partition coefficient (Wildman–Crippen LogP) is 4.61. The number of carboxylic acid groups (broad SMARTS) is 1. The monoisotopic (exact) mass is 258 g/mol. The summed E-state index contributed by atoms with van der Waals surface area (Å²) in [6, 6.07) is 8.05. The zero-order valence-corrected chi connectivity index (χ0v) is 11.6. The van der Waals surface area contributed by atoms with Crippen molar-refractivity contribution in [3.63, 3.8) is 0 Å². The second-order valence-corrected chi connectivity index (χ2v) is 5.36. The van der Waals surface area contributed by atoms with E-state index in [1.165, 1.54) is 43.2 Å². The van der Waals surface area contributed by atoms with Crippen molar-refractivity contribution in [1.82, 2.24) is 0 Å². The van der Waals surface area contributed by atoms with Gasteiger partial charge in [0.1, 0.15) is 0 Å². The number of allylic oxidation sites excluding steroid dienone is 2. The van der Waals surface area contributed by atoms with Crippen LogP contribution in [0.1, 0.15) is 62.5 Å². The fourth-order valence-electron chi connectivity index (χ4n) is 2.58. The van der Waals surface area contributed by atoms with Crippen molar-refractivity contribution in [2.24, 2.45) is 0 Å². The van der Waals surface area contributed by atoms with Gasteiger partial charge >= 0.3 is 5.97 Å². The number of hydrogen-bond donors (Lipinski definition) is 1. The highest BCUT2D eigenvalue weighted by Crippen LogP contribution is 2.26. The van der Waals surface area contributed by atoms with Gasteiger partial charge in [-0.1, -0.05) is 43.2 Å². The molecule has 1 aromatic carbocycles. The van der Waals surface area contributed by atoms with Crippen molar-refractivity contribution in [3.05, 3.63) is 41.5 Å². The fraction of sp³-hybridized carbons (Fsp3) is 0.471. The van der Waals surface area contributed by atoms with Crippen LogP contribution in [0.3, 0.4) is 0 Å². The van der Waals surface area contributed by atoms with Crippen LogP contribution in [-0.4, -0.2) is 11.1 Å². The van der Waals surface area contributed by atoms with Gasteiger partial charge in [-0.25, -0.2) is 0 Å². The molecule has 102 valence electrons.